The van der Waals surface area contributed by atoms with Crippen molar-refractivity contribution in [3.8, 4) is 0 Å². The molecule has 0 spiro atoms. The van der Waals surface area contributed by atoms with Crippen LogP contribution in [-0.4, -0.2) is 30.9 Å². The summed E-state index contributed by atoms with van der Waals surface area (Å²) in [6.07, 6.45) is 0. The molecule has 0 saturated heterocycles. The predicted molar refractivity (Wildman–Crippen MR) is 113 cm³/mol. The van der Waals surface area contributed by atoms with Crippen LogP contribution in [-0.2, 0) is 14.3 Å². The van der Waals surface area contributed by atoms with Gasteiger partial charge in [0.2, 0.25) is 0 Å². The summed E-state index contributed by atoms with van der Waals surface area (Å²) in [5.41, 5.74) is 5.25. The lowest BCUT2D eigenvalue weighted by Crippen LogP contribution is -2.32. The van der Waals surface area contributed by atoms with Gasteiger partial charge in [-0.25, -0.2) is 0 Å². The lowest BCUT2D eigenvalue weighted by atomic mass is 9.98. The van der Waals surface area contributed by atoms with Crippen LogP contribution in [0.1, 0.15) is 52.4 Å². The summed E-state index contributed by atoms with van der Waals surface area (Å²) in [6.45, 7) is 9.16. The van der Waals surface area contributed by atoms with E-state index >= 15 is 0 Å². The van der Waals surface area contributed by atoms with Crippen molar-refractivity contribution in [1.82, 2.24) is 5.32 Å². The van der Waals surface area contributed by atoms with Crippen molar-refractivity contribution in [3.05, 3.63) is 64.2 Å². The number of carbonyl (C=O) groups is 3. The Labute approximate surface area is 171 Å². The Morgan fingerprint density at radius 3 is 2.34 bits per heavy atom. The van der Waals surface area contributed by atoms with Gasteiger partial charge >= 0.3 is 5.97 Å². The Morgan fingerprint density at radius 1 is 0.966 bits per heavy atom. The fourth-order valence-corrected chi connectivity index (χ4v) is 2.85. The third kappa shape index (κ3) is 6.17. The zero-order valence-electron chi connectivity index (χ0n) is 17.6. The van der Waals surface area contributed by atoms with Crippen molar-refractivity contribution in [2.75, 3.05) is 18.5 Å². The molecule has 2 aromatic carbocycles. The van der Waals surface area contributed by atoms with Gasteiger partial charge in [-0.2, -0.15) is 0 Å². The van der Waals surface area contributed by atoms with Crippen molar-refractivity contribution in [1.29, 1.82) is 0 Å². The van der Waals surface area contributed by atoms with E-state index in [9.17, 15) is 14.4 Å². The average Bonchev–Trinajstić information content (AvgIpc) is 2.67. The minimum atomic E-state index is -0.675. The fraction of sp³-hybridized carbons (Fsp3) is 0.348. The fourth-order valence-electron chi connectivity index (χ4n) is 2.85. The molecular formula is C23H28N2O4. The maximum Gasteiger partial charge on any atom is 0.325 e. The van der Waals surface area contributed by atoms with Crippen molar-refractivity contribution in [3.63, 3.8) is 0 Å². The van der Waals surface area contributed by atoms with Crippen LogP contribution in [0.15, 0.2) is 36.4 Å². The highest BCUT2D eigenvalue weighted by Crippen LogP contribution is 2.27. The second-order valence-electron chi connectivity index (χ2n) is 7.38. The van der Waals surface area contributed by atoms with E-state index in [1.54, 1.807) is 12.1 Å². The van der Waals surface area contributed by atoms with Crippen LogP contribution >= 0.6 is 0 Å². The number of carbonyl (C=O) groups excluding carboxylic acids is 3. The lowest BCUT2D eigenvalue weighted by molar-refractivity contribution is -0.146. The first-order valence-electron chi connectivity index (χ1n) is 9.59. The summed E-state index contributed by atoms with van der Waals surface area (Å²) in [5, 5.41) is 5.32. The van der Waals surface area contributed by atoms with Crippen LogP contribution < -0.4 is 10.6 Å². The maximum absolute atomic E-state index is 12.2. The molecule has 0 aliphatic carbocycles. The van der Waals surface area contributed by atoms with Crippen LogP contribution in [0.3, 0.4) is 0 Å². The number of aryl methyl sites for hydroxylation is 3. The molecule has 154 valence electrons. The van der Waals surface area contributed by atoms with E-state index < -0.39 is 18.5 Å². The summed E-state index contributed by atoms with van der Waals surface area (Å²) in [7, 11) is 0. The van der Waals surface area contributed by atoms with Crippen molar-refractivity contribution < 1.29 is 19.1 Å². The topological polar surface area (TPSA) is 84.5 Å². The molecule has 0 saturated carbocycles. The molecule has 0 aliphatic heterocycles. The Kier molecular flexibility index (Phi) is 7.53. The number of hydrogen-bond donors (Lipinski definition) is 2. The summed E-state index contributed by atoms with van der Waals surface area (Å²) in [5.74, 6) is -1.22. The lowest BCUT2D eigenvalue weighted by Gasteiger charge is -2.16. The number of ether oxygens (including phenoxy) is 1. The zero-order valence-corrected chi connectivity index (χ0v) is 17.6. The Morgan fingerprint density at radius 2 is 1.69 bits per heavy atom. The Bertz CT molecular complexity index is 919. The normalized spacial score (nSPS) is 10.6. The van der Waals surface area contributed by atoms with Gasteiger partial charge in [-0.05, 0) is 61.1 Å². The van der Waals surface area contributed by atoms with Gasteiger partial charge in [0, 0.05) is 11.3 Å². The molecule has 2 N–H and O–H groups in total. The molecule has 2 amide bonds. The van der Waals surface area contributed by atoms with E-state index in [0.717, 1.165) is 27.9 Å². The zero-order chi connectivity index (χ0) is 21.6. The number of para-hydroxylation sites is 1. The third-order valence-electron chi connectivity index (χ3n) is 4.72. The molecule has 0 fully saturated rings. The van der Waals surface area contributed by atoms with E-state index in [4.69, 9.17) is 4.74 Å². The molecule has 0 unspecified atom stereocenters. The van der Waals surface area contributed by atoms with Gasteiger partial charge in [0.15, 0.2) is 6.61 Å². The van der Waals surface area contributed by atoms with E-state index in [-0.39, 0.29) is 18.4 Å². The average molecular weight is 396 g/mol. The minimum Gasteiger partial charge on any atom is -0.454 e. The molecule has 29 heavy (non-hydrogen) atoms. The highest BCUT2D eigenvalue weighted by Gasteiger charge is 2.14. The summed E-state index contributed by atoms with van der Waals surface area (Å²) in [6, 6.07) is 11.1. The smallest absolute Gasteiger partial charge is 0.325 e. The molecule has 2 rings (SSSR count). The summed E-state index contributed by atoms with van der Waals surface area (Å²) < 4.78 is 4.98. The predicted octanol–water partition coefficient (Wildman–Crippen LogP) is 3.65. The number of benzene rings is 2. The SMILES string of the molecule is Cc1ccc(C(=O)NCC(=O)OCC(=O)Nc2c(C)cccc2C(C)C)cc1C. The van der Waals surface area contributed by atoms with Gasteiger partial charge in [0.25, 0.3) is 11.8 Å². The van der Waals surface area contributed by atoms with Gasteiger partial charge in [0.1, 0.15) is 6.54 Å². The summed E-state index contributed by atoms with van der Waals surface area (Å²) in [4.78, 5) is 36.2. The van der Waals surface area contributed by atoms with Crippen LogP contribution in [0.4, 0.5) is 5.69 Å². The van der Waals surface area contributed by atoms with Crippen molar-refractivity contribution in [2.24, 2.45) is 0 Å². The van der Waals surface area contributed by atoms with E-state index in [1.807, 2.05) is 58.9 Å². The van der Waals surface area contributed by atoms with Gasteiger partial charge in [-0.15, -0.1) is 0 Å². The largest absolute Gasteiger partial charge is 0.454 e. The number of nitrogens with one attached hydrogen (secondary N) is 2. The molecule has 6 nitrogen and oxygen atoms in total. The maximum atomic E-state index is 12.2. The van der Waals surface area contributed by atoms with Gasteiger partial charge in [-0.3, -0.25) is 14.4 Å². The quantitative estimate of drug-likeness (QED) is 0.700. The van der Waals surface area contributed by atoms with E-state index in [0.29, 0.717) is 5.56 Å². The Balaban J connectivity index is 1.84. The van der Waals surface area contributed by atoms with E-state index in [1.165, 1.54) is 0 Å². The molecule has 0 radical (unpaired) electrons. The van der Waals surface area contributed by atoms with E-state index in [2.05, 4.69) is 10.6 Å². The number of hydrogen-bond acceptors (Lipinski definition) is 4. The molecular weight excluding hydrogens is 368 g/mol. The second-order valence-corrected chi connectivity index (χ2v) is 7.38. The number of esters is 1. The van der Waals surface area contributed by atoms with Crippen LogP contribution in [0, 0.1) is 20.8 Å². The van der Waals surface area contributed by atoms with Crippen LogP contribution in [0.5, 0.6) is 0 Å². The molecule has 6 heteroatoms. The van der Waals surface area contributed by atoms with Gasteiger partial charge < -0.3 is 15.4 Å². The number of amides is 2. The first-order chi connectivity index (χ1) is 13.7. The minimum absolute atomic E-state index is 0.244. The molecule has 0 aliphatic rings. The Hall–Kier alpha value is -3.15. The number of rotatable bonds is 7. The molecule has 0 heterocycles. The van der Waals surface area contributed by atoms with Gasteiger partial charge in [0.05, 0.1) is 0 Å². The number of anilines is 1. The highest BCUT2D eigenvalue weighted by atomic mass is 16.5. The van der Waals surface area contributed by atoms with Crippen LogP contribution in [0.2, 0.25) is 0 Å². The van der Waals surface area contributed by atoms with Crippen LogP contribution in [0.25, 0.3) is 0 Å². The summed E-state index contributed by atoms with van der Waals surface area (Å²) >= 11 is 0. The standard InChI is InChI=1S/C23H28N2O4/c1-14(2)19-8-6-7-16(4)22(19)25-20(26)13-29-21(27)12-24-23(28)18-10-9-15(3)17(5)11-18/h6-11,14H,12-13H2,1-5H3,(H,24,28)(H,25,26). The van der Waals surface area contributed by atoms with Crippen molar-refractivity contribution >= 4 is 23.5 Å². The first-order valence-corrected chi connectivity index (χ1v) is 9.59. The van der Waals surface area contributed by atoms with Crippen molar-refractivity contribution in [2.45, 2.75) is 40.5 Å². The highest BCUT2D eigenvalue weighted by molar-refractivity contribution is 5.97. The molecule has 0 bridgehead atoms. The monoisotopic (exact) mass is 396 g/mol. The van der Waals surface area contributed by atoms with Gasteiger partial charge in [-0.1, -0.05) is 38.1 Å². The first kappa shape index (κ1) is 22.1. The molecule has 2 aromatic rings. The third-order valence-corrected chi connectivity index (χ3v) is 4.72. The molecule has 0 aromatic heterocycles. The molecule has 0 atom stereocenters. The second kappa shape index (κ2) is 9.87.